The monoisotopic (exact) mass is 415 g/mol. The van der Waals surface area contributed by atoms with Crippen LogP contribution in [0.2, 0.25) is 10.0 Å². The fourth-order valence-corrected chi connectivity index (χ4v) is 3.71. The number of aryl methyl sites for hydroxylation is 1. The Bertz CT molecular complexity index is 841. The van der Waals surface area contributed by atoms with E-state index in [1.165, 1.54) is 11.3 Å². The number of carboxylic acid groups (broad SMARTS) is 1. The highest BCUT2D eigenvalue weighted by Crippen LogP contribution is 2.35. The molecular formula is C16H15Cl2N3O4S. The summed E-state index contributed by atoms with van der Waals surface area (Å²) in [7, 11) is 0. The molecule has 0 bridgehead atoms. The Morgan fingerprint density at radius 1 is 1.46 bits per heavy atom. The van der Waals surface area contributed by atoms with E-state index in [4.69, 9.17) is 33.1 Å². The molecule has 26 heavy (non-hydrogen) atoms. The van der Waals surface area contributed by atoms with E-state index in [0.717, 1.165) is 10.4 Å². The average molecular weight is 416 g/mol. The largest absolute Gasteiger partial charge is 0.483 e. The molecule has 0 spiro atoms. The van der Waals surface area contributed by atoms with Crippen molar-refractivity contribution in [1.82, 2.24) is 10.3 Å². The molecule has 0 aliphatic carbocycles. The van der Waals surface area contributed by atoms with Crippen LogP contribution in [0.4, 0.5) is 5.13 Å². The van der Waals surface area contributed by atoms with Crippen LogP contribution in [0.15, 0.2) is 18.2 Å². The molecule has 1 aliphatic rings. The molecule has 0 radical (unpaired) electrons. The first-order chi connectivity index (χ1) is 12.3. The van der Waals surface area contributed by atoms with Crippen molar-refractivity contribution in [1.29, 1.82) is 0 Å². The van der Waals surface area contributed by atoms with E-state index in [1.807, 2.05) is 6.92 Å². The third-order valence-electron chi connectivity index (χ3n) is 3.52. The van der Waals surface area contributed by atoms with Gasteiger partial charge in [0.05, 0.1) is 10.7 Å². The van der Waals surface area contributed by atoms with Gasteiger partial charge in [-0.3, -0.25) is 14.4 Å². The van der Waals surface area contributed by atoms with Crippen LogP contribution in [0.25, 0.3) is 11.3 Å². The third-order valence-corrected chi connectivity index (χ3v) is 4.96. The fourth-order valence-electron chi connectivity index (χ4n) is 2.38. The van der Waals surface area contributed by atoms with Crippen molar-refractivity contribution in [3.05, 3.63) is 33.1 Å². The van der Waals surface area contributed by atoms with Crippen molar-refractivity contribution in [2.45, 2.75) is 25.8 Å². The molecule has 2 aromatic rings. The normalized spacial score (nSPS) is 15.7. The first kappa shape index (κ1) is 20.2. The predicted molar refractivity (Wildman–Crippen MR) is 101 cm³/mol. The highest BCUT2D eigenvalue weighted by Gasteiger charge is 2.28. The number of halogens is 2. The number of amides is 2. The van der Waals surface area contributed by atoms with E-state index < -0.39 is 6.04 Å². The zero-order valence-electron chi connectivity index (χ0n) is 13.6. The van der Waals surface area contributed by atoms with E-state index >= 15 is 0 Å². The van der Waals surface area contributed by atoms with Gasteiger partial charge in [0.15, 0.2) is 5.13 Å². The highest BCUT2D eigenvalue weighted by molar-refractivity contribution is 7.16. The van der Waals surface area contributed by atoms with Gasteiger partial charge in [0.2, 0.25) is 11.8 Å². The van der Waals surface area contributed by atoms with E-state index in [9.17, 15) is 9.59 Å². The summed E-state index contributed by atoms with van der Waals surface area (Å²) in [5, 5.41) is 13.8. The number of hydrogen-bond donors (Lipinski definition) is 3. The predicted octanol–water partition coefficient (Wildman–Crippen LogP) is 3.34. The van der Waals surface area contributed by atoms with Crippen LogP contribution >= 0.6 is 34.5 Å². The first-order valence-corrected chi connectivity index (χ1v) is 9.04. The van der Waals surface area contributed by atoms with E-state index in [-0.39, 0.29) is 18.3 Å². The second kappa shape index (κ2) is 8.98. The standard InChI is InChI=1S/C15H13Cl2N3O2S.CH2O2/c1-7-13(9-3-2-8(16)6-10(9)17)19-15(23-7)20-14(22)11-4-5-12(21)18-11;2-1-3/h2-3,6,11H,4-5H2,1H3,(H,18,21)(H,19,20,22);1H,(H,2,3). The van der Waals surface area contributed by atoms with Crippen molar-refractivity contribution in [3.63, 3.8) is 0 Å². The molecular weight excluding hydrogens is 401 g/mol. The molecule has 1 aromatic heterocycles. The number of carbonyl (C=O) groups is 3. The SMILES string of the molecule is Cc1sc(NC(=O)C2CCC(=O)N2)nc1-c1ccc(Cl)cc1Cl.O=CO. The highest BCUT2D eigenvalue weighted by atomic mass is 35.5. The number of nitrogens with one attached hydrogen (secondary N) is 2. The molecule has 2 amide bonds. The topological polar surface area (TPSA) is 108 Å². The molecule has 2 heterocycles. The van der Waals surface area contributed by atoms with E-state index in [1.54, 1.807) is 18.2 Å². The van der Waals surface area contributed by atoms with Gasteiger partial charge in [0.25, 0.3) is 6.47 Å². The zero-order valence-corrected chi connectivity index (χ0v) is 15.9. The molecule has 1 atom stereocenters. The van der Waals surface area contributed by atoms with Crippen LogP contribution in [0.3, 0.4) is 0 Å². The number of hydrogen-bond acceptors (Lipinski definition) is 5. The summed E-state index contributed by atoms with van der Waals surface area (Å²) in [5.41, 5.74) is 1.47. The maximum Gasteiger partial charge on any atom is 0.290 e. The molecule has 3 rings (SSSR count). The summed E-state index contributed by atoms with van der Waals surface area (Å²) < 4.78 is 0. The number of anilines is 1. The average Bonchev–Trinajstić information content (AvgIpc) is 3.14. The Balaban J connectivity index is 0.000000758. The Morgan fingerprint density at radius 2 is 2.15 bits per heavy atom. The Morgan fingerprint density at radius 3 is 2.73 bits per heavy atom. The summed E-state index contributed by atoms with van der Waals surface area (Å²) in [6.07, 6.45) is 0.880. The molecule has 7 nitrogen and oxygen atoms in total. The van der Waals surface area contributed by atoms with Gasteiger partial charge in [-0.2, -0.15) is 0 Å². The first-order valence-electron chi connectivity index (χ1n) is 7.46. The minimum absolute atomic E-state index is 0.103. The minimum atomic E-state index is -0.491. The van der Waals surface area contributed by atoms with E-state index in [0.29, 0.717) is 33.7 Å². The second-order valence-corrected chi connectivity index (χ2v) is 7.35. The summed E-state index contributed by atoms with van der Waals surface area (Å²) in [6, 6.07) is 4.71. The number of nitrogens with zero attached hydrogens (tertiary/aromatic N) is 1. The quantitative estimate of drug-likeness (QED) is 0.665. The Labute approximate surface area is 163 Å². The van der Waals surface area contributed by atoms with Crippen molar-refractivity contribution < 1.29 is 19.5 Å². The lowest BCUT2D eigenvalue weighted by Crippen LogP contribution is -2.37. The van der Waals surface area contributed by atoms with Gasteiger partial charge in [-0.1, -0.05) is 23.2 Å². The van der Waals surface area contributed by atoms with Crippen LogP contribution in [0, 0.1) is 6.92 Å². The maximum absolute atomic E-state index is 12.1. The lowest BCUT2D eigenvalue weighted by atomic mass is 10.1. The molecule has 1 unspecified atom stereocenters. The molecule has 1 aromatic carbocycles. The van der Waals surface area contributed by atoms with Gasteiger partial charge in [-0.15, -0.1) is 11.3 Å². The molecule has 1 aliphatic heterocycles. The van der Waals surface area contributed by atoms with Gasteiger partial charge in [-0.25, -0.2) is 4.98 Å². The van der Waals surface area contributed by atoms with Gasteiger partial charge >= 0.3 is 0 Å². The lowest BCUT2D eigenvalue weighted by Gasteiger charge is -2.08. The van der Waals surface area contributed by atoms with Crippen LogP contribution in [0.1, 0.15) is 17.7 Å². The summed E-state index contributed by atoms with van der Waals surface area (Å²) in [6.45, 7) is 1.66. The number of aromatic nitrogens is 1. The number of carbonyl (C=O) groups excluding carboxylic acids is 2. The second-order valence-electron chi connectivity index (χ2n) is 5.30. The molecule has 1 saturated heterocycles. The molecule has 0 saturated carbocycles. The van der Waals surface area contributed by atoms with Crippen LogP contribution in [-0.4, -0.2) is 34.4 Å². The van der Waals surface area contributed by atoms with E-state index in [2.05, 4.69) is 15.6 Å². The lowest BCUT2D eigenvalue weighted by molar-refractivity contribution is -0.123. The molecule has 3 N–H and O–H groups in total. The smallest absolute Gasteiger partial charge is 0.290 e. The van der Waals surface area contributed by atoms with Crippen molar-refractivity contribution in [3.8, 4) is 11.3 Å². The van der Waals surface area contributed by atoms with Crippen LogP contribution < -0.4 is 10.6 Å². The van der Waals surface area contributed by atoms with Gasteiger partial charge in [-0.05, 0) is 31.5 Å². The Hall–Kier alpha value is -2.16. The van der Waals surface area contributed by atoms with Crippen LogP contribution in [-0.2, 0) is 14.4 Å². The zero-order chi connectivity index (χ0) is 19.3. The summed E-state index contributed by atoms with van der Waals surface area (Å²) in [5.74, 6) is -0.354. The van der Waals surface area contributed by atoms with Gasteiger partial charge in [0.1, 0.15) is 6.04 Å². The third kappa shape index (κ3) is 4.94. The number of benzene rings is 1. The van der Waals surface area contributed by atoms with Gasteiger partial charge in [0, 0.05) is 21.9 Å². The summed E-state index contributed by atoms with van der Waals surface area (Å²) in [4.78, 5) is 37.1. The van der Waals surface area contributed by atoms with Crippen molar-refractivity contribution in [2.75, 3.05) is 5.32 Å². The Kier molecular flexibility index (Phi) is 6.96. The van der Waals surface area contributed by atoms with Crippen molar-refractivity contribution in [2.24, 2.45) is 0 Å². The molecule has 10 heteroatoms. The molecule has 138 valence electrons. The summed E-state index contributed by atoms with van der Waals surface area (Å²) >= 11 is 13.5. The number of thiazole rings is 1. The van der Waals surface area contributed by atoms with Gasteiger partial charge < -0.3 is 15.7 Å². The van der Waals surface area contributed by atoms with Crippen LogP contribution in [0.5, 0.6) is 0 Å². The van der Waals surface area contributed by atoms with Crippen molar-refractivity contribution >= 4 is 58.0 Å². The molecule has 1 fully saturated rings. The number of rotatable bonds is 3. The fraction of sp³-hybridized carbons (Fsp3) is 0.250. The minimum Gasteiger partial charge on any atom is -0.483 e. The maximum atomic E-state index is 12.1.